The molecular weight excluding hydrogens is 311 g/mol. The van der Waals surface area contributed by atoms with Gasteiger partial charge in [0.2, 0.25) is 15.7 Å². The van der Waals surface area contributed by atoms with Crippen LogP contribution in [0.4, 0.5) is 11.9 Å². The minimum atomic E-state index is -1.66. The number of rotatable bonds is 3. The second kappa shape index (κ2) is 6.26. The predicted octanol–water partition coefficient (Wildman–Crippen LogP) is 1.54. The Labute approximate surface area is 126 Å². The van der Waals surface area contributed by atoms with Crippen LogP contribution in [-0.4, -0.2) is 47.7 Å². The number of aromatic nitrogens is 3. The fraction of sp³-hybridized carbons (Fsp3) is 0.700. The van der Waals surface area contributed by atoms with Gasteiger partial charge in [-0.2, -0.15) is 15.0 Å². The van der Waals surface area contributed by atoms with Crippen LogP contribution >= 0.6 is 34.8 Å². The van der Waals surface area contributed by atoms with E-state index in [0.717, 1.165) is 26.2 Å². The first-order valence-electron chi connectivity index (χ1n) is 6.03. The van der Waals surface area contributed by atoms with Crippen LogP contribution in [0.5, 0.6) is 0 Å². The first kappa shape index (κ1) is 14.8. The average Bonchev–Trinajstić information content (AvgIpc) is 2.39. The van der Waals surface area contributed by atoms with E-state index in [-0.39, 0.29) is 5.82 Å². The number of halogens is 3. The van der Waals surface area contributed by atoms with E-state index in [4.69, 9.17) is 34.8 Å². The summed E-state index contributed by atoms with van der Waals surface area (Å²) in [6.07, 6.45) is 0. The lowest BCUT2D eigenvalue weighted by Gasteiger charge is -2.28. The van der Waals surface area contributed by atoms with Gasteiger partial charge in [-0.15, -0.1) is 0 Å². The van der Waals surface area contributed by atoms with Crippen molar-refractivity contribution in [1.82, 2.24) is 20.3 Å². The lowest BCUT2D eigenvalue weighted by atomic mass is 10.4. The Morgan fingerprint density at radius 1 is 1.21 bits per heavy atom. The predicted molar refractivity (Wildman–Crippen MR) is 78.3 cm³/mol. The van der Waals surface area contributed by atoms with Crippen LogP contribution in [0.2, 0.25) is 0 Å². The fourth-order valence-corrected chi connectivity index (χ4v) is 1.99. The van der Waals surface area contributed by atoms with Crippen LogP contribution in [-0.2, 0) is 3.79 Å². The number of nitrogens with one attached hydrogen (secondary N) is 2. The molecule has 9 heteroatoms. The summed E-state index contributed by atoms with van der Waals surface area (Å²) in [5.74, 6) is 1.10. The maximum Gasteiger partial charge on any atom is 0.250 e. The van der Waals surface area contributed by atoms with Gasteiger partial charge >= 0.3 is 0 Å². The Morgan fingerprint density at radius 3 is 2.47 bits per heavy atom. The molecule has 19 heavy (non-hydrogen) atoms. The number of anilines is 2. The molecule has 0 aliphatic carbocycles. The minimum Gasteiger partial charge on any atom is -0.354 e. The van der Waals surface area contributed by atoms with Crippen LogP contribution in [0.1, 0.15) is 12.7 Å². The lowest BCUT2D eigenvalue weighted by molar-refractivity contribution is 0.578. The molecule has 1 fully saturated rings. The highest BCUT2D eigenvalue weighted by Gasteiger charge is 2.29. The summed E-state index contributed by atoms with van der Waals surface area (Å²) in [6.45, 7) is 6.02. The molecule has 1 saturated heterocycles. The second-order valence-corrected chi connectivity index (χ2v) is 6.33. The monoisotopic (exact) mass is 324 g/mol. The van der Waals surface area contributed by atoms with E-state index in [9.17, 15) is 0 Å². The van der Waals surface area contributed by atoms with E-state index < -0.39 is 3.79 Å². The summed E-state index contributed by atoms with van der Waals surface area (Å²) in [4.78, 5) is 14.8. The number of hydrogen-bond donors (Lipinski definition) is 2. The third-order valence-corrected chi connectivity index (χ3v) is 3.12. The molecule has 0 radical (unpaired) electrons. The molecule has 1 aliphatic heterocycles. The van der Waals surface area contributed by atoms with Gasteiger partial charge in [0.1, 0.15) is 0 Å². The molecule has 1 aliphatic rings. The first-order valence-corrected chi connectivity index (χ1v) is 7.17. The zero-order chi connectivity index (χ0) is 13.9. The maximum absolute atomic E-state index is 5.86. The quantitative estimate of drug-likeness (QED) is 0.822. The van der Waals surface area contributed by atoms with Crippen LogP contribution in [0.3, 0.4) is 0 Å². The van der Waals surface area contributed by atoms with Gasteiger partial charge in [0.15, 0.2) is 5.82 Å². The number of nitrogens with zero attached hydrogens (tertiary/aromatic N) is 4. The molecule has 2 N–H and O–H groups in total. The third kappa shape index (κ3) is 3.95. The third-order valence-electron chi connectivity index (χ3n) is 2.61. The van der Waals surface area contributed by atoms with Crippen LogP contribution in [0.25, 0.3) is 0 Å². The number of alkyl halides is 3. The molecule has 2 rings (SSSR count). The van der Waals surface area contributed by atoms with Crippen LogP contribution < -0.4 is 15.5 Å². The Bertz CT molecular complexity index is 430. The molecule has 0 amide bonds. The summed E-state index contributed by atoms with van der Waals surface area (Å²) in [5.41, 5.74) is 0. The SMILES string of the molecule is CCNc1nc(N2CCNCC2)nc(C(Cl)(Cl)Cl)n1. The van der Waals surface area contributed by atoms with E-state index in [1.54, 1.807) is 0 Å². The Kier molecular flexibility index (Phi) is 4.89. The Balaban J connectivity index is 2.33. The summed E-state index contributed by atoms with van der Waals surface area (Å²) in [6, 6.07) is 0. The van der Waals surface area contributed by atoms with Gasteiger partial charge in [-0.1, -0.05) is 34.8 Å². The number of piperazine rings is 1. The highest BCUT2D eigenvalue weighted by molar-refractivity contribution is 6.66. The maximum atomic E-state index is 5.86. The normalized spacial score (nSPS) is 16.5. The van der Waals surface area contributed by atoms with E-state index >= 15 is 0 Å². The zero-order valence-electron chi connectivity index (χ0n) is 10.5. The number of hydrogen-bond acceptors (Lipinski definition) is 6. The van der Waals surface area contributed by atoms with Crippen molar-refractivity contribution in [1.29, 1.82) is 0 Å². The summed E-state index contributed by atoms with van der Waals surface area (Å²) < 4.78 is -1.66. The van der Waals surface area contributed by atoms with Crippen molar-refractivity contribution < 1.29 is 0 Å². The Hall–Kier alpha value is -0.560. The van der Waals surface area contributed by atoms with Gasteiger partial charge in [-0.3, -0.25) is 0 Å². The minimum absolute atomic E-state index is 0.136. The molecule has 0 spiro atoms. The van der Waals surface area contributed by atoms with Crippen molar-refractivity contribution in [3.8, 4) is 0 Å². The zero-order valence-corrected chi connectivity index (χ0v) is 12.7. The molecule has 0 saturated carbocycles. The van der Waals surface area contributed by atoms with Crippen molar-refractivity contribution in [3.63, 3.8) is 0 Å². The molecule has 0 bridgehead atoms. The van der Waals surface area contributed by atoms with E-state index in [2.05, 4.69) is 25.6 Å². The molecule has 0 aromatic carbocycles. The molecule has 106 valence electrons. The van der Waals surface area contributed by atoms with Gasteiger partial charge in [-0.25, -0.2) is 0 Å². The molecule has 6 nitrogen and oxygen atoms in total. The van der Waals surface area contributed by atoms with E-state index in [0.29, 0.717) is 18.4 Å². The second-order valence-electron chi connectivity index (χ2n) is 4.05. The first-order chi connectivity index (χ1) is 9.00. The van der Waals surface area contributed by atoms with Gasteiger partial charge in [0.05, 0.1) is 0 Å². The van der Waals surface area contributed by atoms with Crippen molar-refractivity contribution in [2.24, 2.45) is 0 Å². The standard InChI is InChI=1S/C10H15Cl3N6/c1-2-15-8-16-7(10(11,12)13)17-9(18-8)19-5-3-14-4-6-19/h14H,2-6H2,1H3,(H,15,16,17,18). The summed E-state index contributed by atoms with van der Waals surface area (Å²) >= 11 is 17.6. The van der Waals surface area contributed by atoms with E-state index in [1.807, 2.05) is 11.8 Å². The van der Waals surface area contributed by atoms with Crippen molar-refractivity contribution in [2.75, 3.05) is 42.9 Å². The van der Waals surface area contributed by atoms with Crippen LogP contribution in [0, 0.1) is 0 Å². The van der Waals surface area contributed by atoms with Crippen molar-refractivity contribution >= 4 is 46.7 Å². The average molecular weight is 326 g/mol. The van der Waals surface area contributed by atoms with Crippen molar-refractivity contribution in [3.05, 3.63) is 5.82 Å². The van der Waals surface area contributed by atoms with Gasteiger partial charge < -0.3 is 15.5 Å². The molecule has 1 aromatic rings. The van der Waals surface area contributed by atoms with Crippen molar-refractivity contribution in [2.45, 2.75) is 10.7 Å². The van der Waals surface area contributed by atoms with E-state index in [1.165, 1.54) is 0 Å². The lowest BCUT2D eigenvalue weighted by Crippen LogP contribution is -2.44. The molecule has 1 aromatic heterocycles. The topological polar surface area (TPSA) is 66.0 Å². The summed E-state index contributed by atoms with van der Waals surface area (Å²) in [7, 11) is 0. The molecule has 0 atom stereocenters. The summed E-state index contributed by atoms with van der Waals surface area (Å²) in [5, 5.41) is 6.28. The fourth-order valence-electron chi connectivity index (χ4n) is 1.73. The highest BCUT2D eigenvalue weighted by Crippen LogP contribution is 2.36. The molecule has 0 unspecified atom stereocenters. The van der Waals surface area contributed by atoms with Gasteiger partial charge in [-0.05, 0) is 6.92 Å². The van der Waals surface area contributed by atoms with Gasteiger partial charge in [0.25, 0.3) is 0 Å². The Morgan fingerprint density at radius 2 is 1.89 bits per heavy atom. The van der Waals surface area contributed by atoms with Crippen LogP contribution in [0.15, 0.2) is 0 Å². The highest BCUT2D eigenvalue weighted by atomic mass is 35.6. The van der Waals surface area contributed by atoms with Gasteiger partial charge in [0, 0.05) is 32.7 Å². The smallest absolute Gasteiger partial charge is 0.250 e. The molecule has 2 heterocycles. The largest absolute Gasteiger partial charge is 0.354 e. The molecular formula is C10H15Cl3N6.